The lowest BCUT2D eigenvalue weighted by Crippen LogP contribution is -2.44. The van der Waals surface area contributed by atoms with Gasteiger partial charge in [0.25, 0.3) is 11.8 Å². The van der Waals surface area contributed by atoms with Crippen molar-refractivity contribution in [2.75, 3.05) is 32.1 Å². The number of likely N-dealkylation sites (N-methyl/N-ethyl adjacent to an activating group) is 1. The van der Waals surface area contributed by atoms with Crippen molar-refractivity contribution in [2.45, 2.75) is 36.5 Å². The Kier molecular flexibility index (Phi) is 4.79. The molecule has 0 bridgehead atoms. The van der Waals surface area contributed by atoms with Crippen molar-refractivity contribution < 1.29 is 14.3 Å². The number of nitrogens with two attached hydrogens (primary N) is 1. The number of hydrogen-bond donors (Lipinski definition) is 2. The van der Waals surface area contributed by atoms with Gasteiger partial charge in [0, 0.05) is 35.2 Å². The van der Waals surface area contributed by atoms with Crippen LogP contribution in [-0.2, 0) is 10.8 Å². The molecule has 3 aliphatic rings. The lowest BCUT2D eigenvalue weighted by Gasteiger charge is -2.33. The van der Waals surface area contributed by atoms with Crippen molar-refractivity contribution in [3.8, 4) is 11.4 Å². The zero-order valence-electron chi connectivity index (χ0n) is 20.0. The van der Waals surface area contributed by atoms with Crippen LogP contribution in [-0.4, -0.2) is 48.8 Å². The molecule has 8 nitrogen and oxygen atoms in total. The highest BCUT2D eigenvalue weighted by molar-refractivity contribution is 6.10. The van der Waals surface area contributed by atoms with Crippen LogP contribution in [0.25, 0.3) is 5.69 Å². The summed E-state index contributed by atoms with van der Waals surface area (Å²) in [5.74, 6) is -0.0783. The Labute approximate surface area is 204 Å². The number of fused-ring (bicyclic) bond motifs is 2. The Morgan fingerprint density at radius 1 is 1.06 bits per heavy atom. The van der Waals surface area contributed by atoms with Crippen molar-refractivity contribution in [1.29, 1.82) is 0 Å². The maximum absolute atomic E-state index is 14.0. The molecule has 2 amide bonds. The average Bonchev–Trinajstić information content (AvgIpc) is 3.79. The quantitative estimate of drug-likeness (QED) is 0.552. The van der Waals surface area contributed by atoms with E-state index in [9.17, 15) is 9.59 Å². The van der Waals surface area contributed by atoms with Crippen LogP contribution in [0.5, 0.6) is 5.75 Å². The second-order valence-corrected chi connectivity index (χ2v) is 10.1. The normalized spacial score (nSPS) is 18.9. The number of rotatable bonds is 7. The van der Waals surface area contributed by atoms with Crippen LogP contribution in [0, 0.1) is 0 Å². The summed E-state index contributed by atoms with van der Waals surface area (Å²) in [7, 11) is 3.59. The monoisotopic (exact) mass is 471 g/mol. The summed E-state index contributed by atoms with van der Waals surface area (Å²) >= 11 is 0. The van der Waals surface area contributed by atoms with Gasteiger partial charge in [-0.1, -0.05) is 12.1 Å². The highest BCUT2D eigenvalue weighted by Crippen LogP contribution is 2.54. The van der Waals surface area contributed by atoms with Crippen LogP contribution in [0.15, 0.2) is 48.5 Å². The van der Waals surface area contributed by atoms with E-state index in [1.54, 1.807) is 11.8 Å². The first kappa shape index (κ1) is 21.9. The number of hydrogen-bond acceptors (Lipinski definition) is 5. The molecule has 3 aromatic rings. The van der Waals surface area contributed by atoms with Crippen LogP contribution in [0.4, 0.5) is 5.69 Å². The molecule has 35 heavy (non-hydrogen) atoms. The predicted molar refractivity (Wildman–Crippen MR) is 133 cm³/mol. The fourth-order valence-corrected chi connectivity index (χ4v) is 5.60. The molecule has 0 saturated heterocycles. The topological polar surface area (TPSA) is 102 Å². The van der Waals surface area contributed by atoms with Crippen LogP contribution in [0.3, 0.4) is 0 Å². The number of nitrogens with one attached hydrogen (secondary N) is 1. The van der Waals surface area contributed by atoms with E-state index in [2.05, 4.69) is 22.5 Å². The Hall–Kier alpha value is -3.65. The maximum Gasteiger partial charge on any atom is 0.277 e. The van der Waals surface area contributed by atoms with Gasteiger partial charge < -0.3 is 20.7 Å². The molecular weight excluding hydrogens is 442 g/mol. The summed E-state index contributed by atoms with van der Waals surface area (Å²) in [5.41, 5.74) is 9.82. The number of benzene rings is 2. The number of aromatic nitrogens is 2. The standard InChI is InChI=1S/C27H29N5O3/c1-29-15-26(11-12-26)17-3-5-18(6-4-17)31-16-27(13-14-27)21-22(24(28)33)30-32(23(21)25(31)34)19-7-9-20(35-2)10-8-19/h3-10,29H,11-16H2,1-2H3,(H2,28,33). The van der Waals surface area contributed by atoms with Crippen LogP contribution >= 0.6 is 0 Å². The first-order valence-corrected chi connectivity index (χ1v) is 12.1. The molecule has 180 valence electrons. The van der Waals surface area contributed by atoms with Gasteiger partial charge in [0.1, 0.15) is 11.4 Å². The molecule has 6 rings (SSSR count). The molecule has 2 saturated carbocycles. The third-order valence-corrected chi connectivity index (χ3v) is 7.89. The SMILES string of the molecule is CNCC1(c2ccc(N3CC4(CC4)c4c(C(N)=O)nn(-c5ccc(OC)cc5)c4C3=O)cc2)CC1. The summed E-state index contributed by atoms with van der Waals surface area (Å²) in [6.07, 6.45) is 4.14. The second-order valence-electron chi connectivity index (χ2n) is 10.1. The van der Waals surface area contributed by atoms with Crippen LogP contribution in [0.2, 0.25) is 0 Å². The summed E-state index contributed by atoms with van der Waals surface area (Å²) in [4.78, 5) is 28.2. The highest BCUT2D eigenvalue weighted by Gasteiger charge is 2.56. The van der Waals surface area contributed by atoms with Gasteiger partial charge in [0.2, 0.25) is 0 Å². The zero-order valence-corrected chi connectivity index (χ0v) is 20.0. The van der Waals surface area contributed by atoms with Crippen molar-refractivity contribution in [3.63, 3.8) is 0 Å². The lowest BCUT2D eigenvalue weighted by molar-refractivity contribution is 0.0966. The molecule has 0 atom stereocenters. The Morgan fingerprint density at radius 2 is 1.71 bits per heavy atom. The van der Waals surface area contributed by atoms with Gasteiger partial charge in [-0.3, -0.25) is 9.59 Å². The molecule has 8 heteroatoms. The Bertz CT molecular complexity index is 1320. The third kappa shape index (κ3) is 3.35. The van der Waals surface area contributed by atoms with E-state index < -0.39 is 5.91 Å². The van der Waals surface area contributed by atoms with E-state index in [4.69, 9.17) is 10.5 Å². The molecule has 0 radical (unpaired) electrons. The summed E-state index contributed by atoms with van der Waals surface area (Å²) in [6, 6.07) is 15.7. The minimum Gasteiger partial charge on any atom is -0.497 e. The van der Waals surface area contributed by atoms with Gasteiger partial charge in [-0.2, -0.15) is 5.10 Å². The van der Waals surface area contributed by atoms with Gasteiger partial charge in [-0.25, -0.2) is 4.68 Å². The summed E-state index contributed by atoms with van der Waals surface area (Å²) < 4.78 is 6.84. The predicted octanol–water partition coefficient (Wildman–Crippen LogP) is 2.92. The van der Waals surface area contributed by atoms with Gasteiger partial charge in [0.05, 0.1) is 12.8 Å². The van der Waals surface area contributed by atoms with E-state index in [0.717, 1.165) is 25.1 Å². The lowest BCUT2D eigenvalue weighted by atomic mass is 9.87. The molecule has 0 unspecified atom stereocenters. The molecule has 2 aliphatic carbocycles. The third-order valence-electron chi connectivity index (χ3n) is 7.89. The second kappa shape index (κ2) is 7.68. The minimum absolute atomic E-state index is 0.169. The zero-order chi connectivity index (χ0) is 24.4. The molecular formula is C27H29N5O3. The van der Waals surface area contributed by atoms with Gasteiger partial charge in [-0.05, 0) is 74.7 Å². The number of primary amides is 1. The van der Waals surface area contributed by atoms with Crippen LogP contribution < -0.4 is 20.7 Å². The smallest absolute Gasteiger partial charge is 0.277 e. The van der Waals surface area contributed by atoms with Gasteiger partial charge in [0.15, 0.2) is 5.69 Å². The van der Waals surface area contributed by atoms with E-state index in [0.29, 0.717) is 29.2 Å². The average molecular weight is 472 g/mol. The number of nitrogens with zero attached hydrogens (tertiary/aromatic N) is 3. The van der Waals surface area contributed by atoms with Crippen molar-refractivity contribution in [2.24, 2.45) is 5.73 Å². The number of carbonyl (C=O) groups is 2. The summed E-state index contributed by atoms with van der Waals surface area (Å²) in [6.45, 7) is 1.48. The molecule has 1 aromatic heterocycles. The van der Waals surface area contributed by atoms with Gasteiger partial charge in [-0.15, -0.1) is 0 Å². The van der Waals surface area contributed by atoms with E-state index >= 15 is 0 Å². The Morgan fingerprint density at radius 3 is 2.26 bits per heavy atom. The molecule has 2 aromatic carbocycles. The molecule has 1 aliphatic heterocycles. The molecule has 2 heterocycles. The maximum atomic E-state index is 14.0. The number of methoxy groups -OCH3 is 1. The fourth-order valence-electron chi connectivity index (χ4n) is 5.60. The first-order chi connectivity index (χ1) is 16.9. The number of amides is 2. The summed E-state index contributed by atoms with van der Waals surface area (Å²) in [5, 5.41) is 7.86. The van der Waals surface area contributed by atoms with E-state index in [-0.39, 0.29) is 22.4 Å². The van der Waals surface area contributed by atoms with Crippen molar-refractivity contribution in [1.82, 2.24) is 15.1 Å². The van der Waals surface area contributed by atoms with Crippen molar-refractivity contribution >= 4 is 17.5 Å². The highest BCUT2D eigenvalue weighted by atomic mass is 16.5. The minimum atomic E-state index is -0.607. The first-order valence-electron chi connectivity index (χ1n) is 12.1. The number of ether oxygens (including phenoxy) is 1. The van der Waals surface area contributed by atoms with E-state index in [1.165, 1.54) is 18.4 Å². The molecule has 2 fully saturated rings. The van der Waals surface area contributed by atoms with Crippen molar-refractivity contribution in [3.05, 3.63) is 71.0 Å². The number of anilines is 1. The Balaban J connectivity index is 1.43. The number of carbonyl (C=O) groups excluding carboxylic acids is 2. The van der Waals surface area contributed by atoms with Crippen LogP contribution in [0.1, 0.15) is 57.8 Å². The molecule has 1 spiro atoms. The van der Waals surface area contributed by atoms with E-state index in [1.807, 2.05) is 48.3 Å². The largest absolute Gasteiger partial charge is 0.497 e. The fraction of sp³-hybridized carbons (Fsp3) is 0.370. The molecule has 3 N–H and O–H groups in total. The van der Waals surface area contributed by atoms with Gasteiger partial charge >= 0.3 is 0 Å².